The Bertz CT molecular complexity index is 804. The minimum absolute atomic E-state index is 0.0121. The van der Waals surface area contributed by atoms with Crippen LogP contribution in [0.15, 0.2) is 47.8 Å². The highest BCUT2D eigenvalue weighted by molar-refractivity contribution is 7.98. The van der Waals surface area contributed by atoms with E-state index in [9.17, 15) is 9.90 Å². The number of amides is 1. The summed E-state index contributed by atoms with van der Waals surface area (Å²) in [5.74, 6) is 0.530. The van der Waals surface area contributed by atoms with Gasteiger partial charge in [0.2, 0.25) is 5.88 Å². The lowest BCUT2D eigenvalue weighted by Gasteiger charge is -2.48. The van der Waals surface area contributed by atoms with Crippen LogP contribution < -0.4 is 4.74 Å². The maximum atomic E-state index is 13.3. The molecule has 1 saturated heterocycles. The molecule has 1 aliphatic heterocycles. The van der Waals surface area contributed by atoms with E-state index in [4.69, 9.17) is 4.74 Å². The number of hydrogen-bond acceptors (Lipinski definition) is 6. The van der Waals surface area contributed by atoms with Crippen LogP contribution in [0.2, 0.25) is 0 Å². The number of ether oxygens (including phenoxy) is 1. The van der Waals surface area contributed by atoms with Gasteiger partial charge in [0, 0.05) is 30.4 Å². The SMILES string of the molecule is CSc1ncccc1C(=O)N1C[C@H](Oc2ccccn2)[C@H]2C[C@@H]1CC[C@H]2O. The Kier molecular flexibility index (Phi) is 5.31. The number of thioether (sulfide) groups is 1. The number of rotatable bonds is 4. The number of carbonyl (C=O) groups is 1. The Morgan fingerprint density at radius 1 is 1.22 bits per heavy atom. The number of fused-ring (bicyclic) bond motifs is 2. The molecule has 6 nitrogen and oxygen atoms in total. The van der Waals surface area contributed by atoms with Crippen molar-refractivity contribution in [2.45, 2.75) is 42.5 Å². The molecule has 7 heteroatoms. The minimum atomic E-state index is -0.396. The third-order valence-electron chi connectivity index (χ3n) is 5.49. The van der Waals surface area contributed by atoms with Crippen molar-refractivity contribution in [1.82, 2.24) is 14.9 Å². The second-order valence-corrected chi connectivity index (χ2v) is 7.84. The number of pyridine rings is 2. The van der Waals surface area contributed by atoms with Crippen molar-refractivity contribution < 1.29 is 14.6 Å². The maximum Gasteiger partial charge on any atom is 0.256 e. The molecule has 142 valence electrons. The summed E-state index contributed by atoms with van der Waals surface area (Å²) in [7, 11) is 0. The zero-order valence-electron chi connectivity index (χ0n) is 15.2. The normalized spacial score (nSPS) is 27.3. The van der Waals surface area contributed by atoms with Crippen LogP contribution in [0, 0.1) is 5.92 Å². The van der Waals surface area contributed by atoms with E-state index in [1.807, 2.05) is 29.4 Å². The van der Waals surface area contributed by atoms with Gasteiger partial charge in [0.05, 0.1) is 18.2 Å². The van der Waals surface area contributed by atoms with Crippen molar-refractivity contribution >= 4 is 17.7 Å². The molecule has 3 heterocycles. The zero-order valence-corrected chi connectivity index (χ0v) is 16.0. The van der Waals surface area contributed by atoms with Crippen LogP contribution in [0.1, 0.15) is 29.6 Å². The van der Waals surface area contributed by atoms with Crippen LogP contribution in [-0.2, 0) is 0 Å². The lowest BCUT2D eigenvalue weighted by atomic mass is 9.76. The Balaban J connectivity index is 1.60. The number of aliphatic hydroxyl groups is 1. The number of aromatic nitrogens is 2. The van der Waals surface area contributed by atoms with Gasteiger partial charge in [-0.2, -0.15) is 0 Å². The molecule has 2 aliphatic rings. The number of hydrogen-bond donors (Lipinski definition) is 1. The third-order valence-corrected chi connectivity index (χ3v) is 6.21. The molecule has 1 saturated carbocycles. The number of likely N-dealkylation sites (tertiary alicyclic amines) is 1. The van der Waals surface area contributed by atoms with E-state index in [1.54, 1.807) is 24.5 Å². The molecular weight excluding hydrogens is 362 g/mol. The fourth-order valence-electron chi connectivity index (χ4n) is 4.14. The van der Waals surface area contributed by atoms with E-state index in [2.05, 4.69) is 9.97 Å². The molecule has 0 unspecified atom stereocenters. The summed E-state index contributed by atoms with van der Waals surface area (Å²) in [6.45, 7) is 0.449. The predicted molar refractivity (Wildman–Crippen MR) is 103 cm³/mol. The van der Waals surface area contributed by atoms with Gasteiger partial charge in [0.15, 0.2) is 0 Å². The highest BCUT2D eigenvalue weighted by Gasteiger charge is 2.45. The minimum Gasteiger partial charge on any atom is -0.472 e. The summed E-state index contributed by atoms with van der Waals surface area (Å²) >= 11 is 1.48. The summed E-state index contributed by atoms with van der Waals surface area (Å²) in [4.78, 5) is 23.8. The van der Waals surface area contributed by atoms with Gasteiger partial charge < -0.3 is 14.7 Å². The van der Waals surface area contributed by atoms with Crippen LogP contribution in [0.5, 0.6) is 5.88 Å². The molecule has 2 aromatic heterocycles. The zero-order chi connectivity index (χ0) is 18.8. The number of piperidine rings is 1. The summed E-state index contributed by atoms with van der Waals surface area (Å²) in [5.41, 5.74) is 0.631. The molecule has 0 aromatic carbocycles. The molecule has 1 amide bonds. The van der Waals surface area contributed by atoms with Crippen LogP contribution >= 0.6 is 11.8 Å². The first-order chi connectivity index (χ1) is 13.2. The molecule has 0 spiro atoms. The van der Waals surface area contributed by atoms with E-state index in [0.717, 1.165) is 17.9 Å². The molecule has 1 N–H and O–H groups in total. The molecule has 4 rings (SSSR count). The Morgan fingerprint density at radius 3 is 2.85 bits per heavy atom. The fraction of sp³-hybridized carbons (Fsp3) is 0.450. The predicted octanol–water partition coefficient (Wildman–Crippen LogP) is 2.63. The summed E-state index contributed by atoms with van der Waals surface area (Å²) < 4.78 is 6.10. The monoisotopic (exact) mass is 385 g/mol. The smallest absolute Gasteiger partial charge is 0.256 e. The molecule has 4 atom stereocenters. The van der Waals surface area contributed by atoms with E-state index in [-0.39, 0.29) is 24.0 Å². The Morgan fingerprint density at radius 2 is 2.07 bits per heavy atom. The second kappa shape index (κ2) is 7.86. The molecule has 2 bridgehead atoms. The van der Waals surface area contributed by atoms with Crippen molar-refractivity contribution in [3.05, 3.63) is 48.3 Å². The van der Waals surface area contributed by atoms with Gasteiger partial charge in [0.25, 0.3) is 5.91 Å². The topological polar surface area (TPSA) is 75.6 Å². The lowest BCUT2D eigenvalue weighted by molar-refractivity contribution is -0.0711. The van der Waals surface area contributed by atoms with Crippen LogP contribution in [0.3, 0.4) is 0 Å². The lowest BCUT2D eigenvalue weighted by Crippen LogP contribution is -2.59. The van der Waals surface area contributed by atoms with Crippen molar-refractivity contribution in [1.29, 1.82) is 0 Å². The number of aliphatic hydroxyl groups excluding tert-OH is 1. The van der Waals surface area contributed by atoms with Gasteiger partial charge in [-0.25, -0.2) is 9.97 Å². The van der Waals surface area contributed by atoms with Crippen molar-refractivity contribution in [2.75, 3.05) is 12.8 Å². The van der Waals surface area contributed by atoms with Gasteiger partial charge in [0.1, 0.15) is 11.1 Å². The van der Waals surface area contributed by atoms with E-state index >= 15 is 0 Å². The van der Waals surface area contributed by atoms with E-state index in [1.165, 1.54) is 11.8 Å². The first-order valence-electron chi connectivity index (χ1n) is 9.23. The Labute approximate surface area is 163 Å². The molecule has 1 aliphatic carbocycles. The summed E-state index contributed by atoms with van der Waals surface area (Å²) in [5, 5.41) is 11.2. The first-order valence-corrected chi connectivity index (χ1v) is 10.5. The number of nitrogens with zero attached hydrogens (tertiary/aromatic N) is 3. The molecule has 2 aromatic rings. The first kappa shape index (κ1) is 18.3. The van der Waals surface area contributed by atoms with Crippen LogP contribution in [-0.4, -0.2) is 56.9 Å². The average Bonchev–Trinajstić information content (AvgIpc) is 2.72. The average molecular weight is 385 g/mol. The molecule has 27 heavy (non-hydrogen) atoms. The van der Waals surface area contributed by atoms with Gasteiger partial charge in [-0.05, 0) is 43.7 Å². The van der Waals surface area contributed by atoms with E-state index < -0.39 is 6.10 Å². The van der Waals surface area contributed by atoms with Crippen LogP contribution in [0.25, 0.3) is 0 Å². The van der Waals surface area contributed by atoms with Gasteiger partial charge in [-0.1, -0.05) is 6.07 Å². The van der Waals surface area contributed by atoms with Crippen molar-refractivity contribution in [3.63, 3.8) is 0 Å². The highest BCUT2D eigenvalue weighted by atomic mass is 32.2. The largest absolute Gasteiger partial charge is 0.472 e. The van der Waals surface area contributed by atoms with Gasteiger partial charge in [-0.15, -0.1) is 11.8 Å². The standard InChI is InChI=1S/C20H23N3O3S/c1-27-19-14(5-4-10-22-19)20(25)23-12-17(26-18-6-2-3-9-21-18)15-11-13(23)7-8-16(15)24/h2-6,9-10,13,15-17,24H,7-8,11-12H2,1H3/t13-,15-,16+,17-/m0/s1. The van der Waals surface area contributed by atoms with Crippen molar-refractivity contribution in [3.8, 4) is 5.88 Å². The third kappa shape index (κ3) is 3.66. The van der Waals surface area contributed by atoms with Crippen molar-refractivity contribution in [2.24, 2.45) is 5.92 Å². The molecule has 0 radical (unpaired) electrons. The quantitative estimate of drug-likeness (QED) is 0.816. The summed E-state index contributed by atoms with van der Waals surface area (Å²) in [6, 6.07) is 9.27. The highest BCUT2D eigenvalue weighted by Crippen LogP contribution is 2.38. The van der Waals surface area contributed by atoms with Crippen LogP contribution in [0.4, 0.5) is 0 Å². The van der Waals surface area contributed by atoms with Gasteiger partial charge >= 0.3 is 0 Å². The molecule has 2 fully saturated rings. The maximum absolute atomic E-state index is 13.3. The summed E-state index contributed by atoms with van der Waals surface area (Å²) in [6.07, 6.45) is 6.89. The van der Waals surface area contributed by atoms with Gasteiger partial charge in [-0.3, -0.25) is 4.79 Å². The second-order valence-electron chi connectivity index (χ2n) is 7.04. The number of carbonyl (C=O) groups excluding carboxylic acids is 1. The van der Waals surface area contributed by atoms with E-state index in [0.29, 0.717) is 24.4 Å². The Hall–Kier alpha value is -2.12. The molecular formula is C20H23N3O3S. The fourth-order valence-corrected chi connectivity index (χ4v) is 4.69.